The second kappa shape index (κ2) is 9.57. The third kappa shape index (κ3) is 5.14. The number of hydrogen-bond donors (Lipinski definition) is 1. The maximum Gasteiger partial charge on any atom is 0.272 e. The number of amides is 1. The molecule has 0 bridgehead atoms. The van der Waals surface area contributed by atoms with Gasteiger partial charge in [0.1, 0.15) is 11.5 Å². The topological polar surface area (TPSA) is 58.1 Å². The van der Waals surface area contributed by atoms with E-state index in [0.29, 0.717) is 23.9 Å². The van der Waals surface area contributed by atoms with Gasteiger partial charge in [-0.1, -0.05) is 50.3 Å². The van der Waals surface area contributed by atoms with Crippen molar-refractivity contribution in [3.05, 3.63) is 54.7 Å². The van der Waals surface area contributed by atoms with E-state index in [4.69, 9.17) is 0 Å². The van der Waals surface area contributed by atoms with Gasteiger partial charge < -0.3 is 10.2 Å². The fourth-order valence-electron chi connectivity index (χ4n) is 2.56. The Kier molecular flexibility index (Phi) is 7.14. The molecule has 0 aliphatic rings. The molecule has 25 heavy (non-hydrogen) atoms. The summed E-state index contributed by atoms with van der Waals surface area (Å²) >= 11 is 0. The van der Waals surface area contributed by atoms with E-state index in [2.05, 4.69) is 35.7 Å². The van der Waals surface area contributed by atoms with Gasteiger partial charge in [-0.25, -0.2) is 9.97 Å². The first-order chi connectivity index (χ1) is 12.2. The number of carbonyl (C=O) groups is 1. The molecule has 1 amide bonds. The van der Waals surface area contributed by atoms with Crippen LogP contribution in [0, 0.1) is 0 Å². The molecular formula is C20H26N4O. The Morgan fingerprint density at radius 1 is 1.16 bits per heavy atom. The third-order valence-corrected chi connectivity index (χ3v) is 3.68. The Bertz CT molecular complexity index is 694. The van der Waals surface area contributed by atoms with Crippen LogP contribution in [0.3, 0.4) is 0 Å². The highest BCUT2D eigenvalue weighted by atomic mass is 16.2. The fraction of sp³-hybridized carbons (Fsp3) is 0.350. The van der Waals surface area contributed by atoms with Crippen molar-refractivity contribution in [1.29, 1.82) is 0 Å². The molecule has 1 aromatic heterocycles. The number of rotatable bonds is 9. The lowest BCUT2D eigenvalue weighted by atomic mass is 10.2. The number of anilines is 1. The lowest BCUT2D eigenvalue weighted by Gasteiger charge is -2.21. The molecule has 0 atom stereocenters. The molecular weight excluding hydrogens is 312 g/mol. The summed E-state index contributed by atoms with van der Waals surface area (Å²) in [6.07, 6.45) is 3.60. The largest absolute Gasteiger partial charge is 0.366 e. The van der Waals surface area contributed by atoms with Crippen LogP contribution in [0.25, 0.3) is 11.4 Å². The molecule has 0 saturated carbocycles. The Balaban J connectivity index is 2.41. The Hall–Kier alpha value is -2.69. The molecule has 2 aromatic rings. The van der Waals surface area contributed by atoms with E-state index in [1.54, 1.807) is 12.1 Å². The molecule has 0 saturated heterocycles. The number of nitrogens with one attached hydrogen (secondary N) is 1. The first kappa shape index (κ1) is 18.6. The summed E-state index contributed by atoms with van der Waals surface area (Å²) in [6.45, 7) is 9.89. The monoisotopic (exact) mass is 338 g/mol. The van der Waals surface area contributed by atoms with Crippen LogP contribution >= 0.6 is 0 Å². The Morgan fingerprint density at radius 2 is 1.84 bits per heavy atom. The number of carbonyl (C=O) groups excluding carboxylic acids is 1. The predicted octanol–water partition coefficient (Wildman–Crippen LogP) is 4.00. The highest BCUT2D eigenvalue weighted by Gasteiger charge is 2.18. The van der Waals surface area contributed by atoms with E-state index in [1.165, 1.54) is 0 Å². The zero-order valence-corrected chi connectivity index (χ0v) is 15.0. The van der Waals surface area contributed by atoms with Crippen LogP contribution in [0.1, 0.15) is 37.2 Å². The summed E-state index contributed by atoms with van der Waals surface area (Å²) < 4.78 is 0. The zero-order valence-electron chi connectivity index (χ0n) is 15.0. The van der Waals surface area contributed by atoms with Gasteiger partial charge >= 0.3 is 0 Å². The van der Waals surface area contributed by atoms with E-state index < -0.39 is 0 Å². The number of hydrogen-bond acceptors (Lipinski definition) is 4. The van der Waals surface area contributed by atoms with Gasteiger partial charge in [-0.15, -0.1) is 6.58 Å². The van der Waals surface area contributed by atoms with Crippen LogP contribution in [0.2, 0.25) is 0 Å². The Labute approximate surface area is 149 Å². The lowest BCUT2D eigenvalue weighted by Crippen LogP contribution is -2.33. The zero-order chi connectivity index (χ0) is 18.1. The van der Waals surface area contributed by atoms with Crippen molar-refractivity contribution in [1.82, 2.24) is 14.9 Å². The van der Waals surface area contributed by atoms with E-state index >= 15 is 0 Å². The highest BCUT2D eigenvalue weighted by Crippen LogP contribution is 2.19. The van der Waals surface area contributed by atoms with Gasteiger partial charge in [0, 0.05) is 31.3 Å². The lowest BCUT2D eigenvalue weighted by molar-refractivity contribution is 0.0749. The molecule has 5 nitrogen and oxygen atoms in total. The first-order valence-corrected chi connectivity index (χ1v) is 8.78. The number of nitrogens with zero attached hydrogens (tertiary/aromatic N) is 3. The normalized spacial score (nSPS) is 10.3. The molecule has 5 heteroatoms. The minimum Gasteiger partial charge on any atom is -0.366 e. The Morgan fingerprint density at radius 3 is 2.44 bits per heavy atom. The molecule has 0 aliphatic heterocycles. The van der Waals surface area contributed by atoms with Gasteiger partial charge in [0.05, 0.1) is 0 Å². The van der Waals surface area contributed by atoms with Gasteiger partial charge in [-0.3, -0.25) is 4.79 Å². The molecule has 0 aliphatic carbocycles. The van der Waals surface area contributed by atoms with E-state index in [0.717, 1.165) is 31.5 Å². The maximum absolute atomic E-state index is 12.9. The van der Waals surface area contributed by atoms with E-state index in [9.17, 15) is 4.79 Å². The molecule has 2 rings (SSSR count). The molecule has 0 radical (unpaired) electrons. The average Bonchev–Trinajstić information content (AvgIpc) is 2.66. The first-order valence-electron chi connectivity index (χ1n) is 8.78. The smallest absolute Gasteiger partial charge is 0.272 e. The second-order valence-electron chi connectivity index (χ2n) is 5.79. The molecule has 1 aromatic carbocycles. The van der Waals surface area contributed by atoms with Crippen LogP contribution in [-0.4, -0.2) is 40.4 Å². The SMILES string of the molecule is C=CCNc1cc(C(=O)N(CCC)CCC)nc(-c2ccccc2)n1. The quantitative estimate of drug-likeness (QED) is 0.702. The van der Waals surface area contributed by atoms with Crippen molar-refractivity contribution in [3.63, 3.8) is 0 Å². The molecule has 132 valence electrons. The molecule has 0 spiro atoms. The minimum atomic E-state index is -0.0510. The summed E-state index contributed by atoms with van der Waals surface area (Å²) in [6, 6.07) is 11.4. The van der Waals surface area contributed by atoms with Gasteiger partial charge in [-0.05, 0) is 12.8 Å². The van der Waals surface area contributed by atoms with Crippen LogP contribution in [-0.2, 0) is 0 Å². The minimum absolute atomic E-state index is 0.0510. The van der Waals surface area contributed by atoms with Gasteiger partial charge in [-0.2, -0.15) is 0 Å². The van der Waals surface area contributed by atoms with Crippen molar-refractivity contribution >= 4 is 11.7 Å². The van der Waals surface area contributed by atoms with Crippen LogP contribution in [0.15, 0.2) is 49.1 Å². The van der Waals surface area contributed by atoms with Gasteiger partial charge in [0.2, 0.25) is 0 Å². The highest BCUT2D eigenvalue weighted by molar-refractivity contribution is 5.93. The number of benzene rings is 1. The second-order valence-corrected chi connectivity index (χ2v) is 5.79. The summed E-state index contributed by atoms with van der Waals surface area (Å²) in [4.78, 5) is 23.8. The third-order valence-electron chi connectivity index (χ3n) is 3.68. The summed E-state index contributed by atoms with van der Waals surface area (Å²) in [5, 5.41) is 3.16. The fourth-order valence-corrected chi connectivity index (χ4v) is 2.56. The van der Waals surface area contributed by atoms with E-state index in [-0.39, 0.29) is 5.91 Å². The summed E-state index contributed by atoms with van der Waals surface area (Å²) in [5.74, 6) is 1.13. The molecule has 0 fully saturated rings. The van der Waals surface area contributed by atoms with Crippen molar-refractivity contribution in [2.75, 3.05) is 25.0 Å². The standard InChI is InChI=1S/C20H26N4O/c1-4-12-21-18-15-17(20(25)24(13-5-2)14-6-3)22-19(23-18)16-10-8-7-9-11-16/h4,7-11,15H,1,5-6,12-14H2,2-3H3,(H,21,22,23). The van der Waals surface area contributed by atoms with Crippen LogP contribution in [0.5, 0.6) is 0 Å². The predicted molar refractivity (Wildman–Crippen MR) is 103 cm³/mol. The average molecular weight is 338 g/mol. The molecule has 1 N–H and O–H groups in total. The van der Waals surface area contributed by atoms with Crippen molar-refractivity contribution in [2.45, 2.75) is 26.7 Å². The summed E-state index contributed by atoms with van der Waals surface area (Å²) in [5.41, 5.74) is 1.30. The van der Waals surface area contributed by atoms with Gasteiger partial charge in [0.25, 0.3) is 5.91 Å². The van der Waals surface area contributed by atoms with Crippen molar-refractivity contribution in [2.24, 2.45) is 0 Å². The summed E-state index contributed by atoms with van der Waals surface area (Å²) in [7, 11) is 0. The van der Waals surface area contributed by atoms with Crippen LogP contribution < -0.4 is 5.32 Å². The van der Waals surface area contributed by atoms with Crippen LogP contribution in [0.4, 0.5) is 5.82 Å². The molecule has 1 heterocycles. The van der Waals surface area contributed by atoms with Gasteiger partial charge in [0.15, 0.2) is 5.82 Å². The molecule has 0 unspecified atom stereocenters. The van der Waals surface area contributed by atoms with E-state index in [1.807, 2.05) is 35.2 Å². The maximum atomic E-state index is 12.9. The van der Waals surface area contributed by atoms with Crippen molar-refractivity contribution in [3.8, 4) is 11.4 Å². The van der Waals surface area contributed by atoms with Crippen molar-refractivity contribution < 1.29 is 4.79 Å². The number of aromatic nitrogens is 2.